The van der Waals surface area contributed by atoms with Crippen LogP contribution < -0.4 is 28.1 Å². The smallest absolute Gasteiger partial charge is 0.360 e. The van der Waals surface area contributed by atoms with Crippen molar-refractivity contribution in [1.82, 2.24) is 0 Å². The normalized spacial score (nSPS) is 10.8. The lowest BCUT2D eigenvalue weighted by atomic mass is 10.1. The molecule has 0 atom stereocenters. The minimum atomic E-state index is -4.94. The Labute approximate surface area is 146 Å². The molecule has 0 N–H and O–H groups in total. The van der Waals surface area contributed by atoms with Crippen molar-refractivity contribution >= 4 is 11.0 Å². The Bertz CT molecular complexity index is 840. The summed E-state index contributed by atoms with van der Waals surface area (Å²) in [4.78, 5) is 0. The zero-order chi connectivity index (χ0) is 18.4. The first-order chi connectivity index (χ1) is 11.8. The first-order valence-corrected chi connectivity index (χ1v) is 8.21. The molecule has 0 bridgehead atoms. The van der Waals surface area contributed by atoms with Crippen LogP contribution >= 0.6 is 0 Å². The molecule has 0 unspecified atom stereocenters. The quantitative estimate of drug-likeness (QED) is 0.580. The molecule has 0 radical (unpaired) electrons. The summed E-state index contributed by atoms with van der Waals surface area (Å²) in [5.41, 5.74) is 1.81. The Morgan fingerprint density at radius 1 is 0.800 bits per heavy atom. The van der Waals surface area contributed by atoms with E-state index in [1.807, 2.05) is 54.6 Å². The van der Waals surface area contributed by atoms with Gasteiger partial charge in [-0.3, -0.25) is 0 Å². The van der Waals surface area contributed by atoms with Gasteiger partial charge in [-0.1, -0.05) is 12.1 Å². The molecular formula is C17H15ClO7. The average molecular weight is 367 g/mol. The molecular weight excluding hydrogens is 352 g/mol. The number of fused-ring (bicyclic) bond motifs is 1. The second-order valence-corrected chi connectivity index (χ2v) is 5.54. The molecule has 1 heterocycles. The number of hydrogen-bond acceptors (Lipinski definition) is 6. The van der Waals surface area contributed by atoms with Crippen molar-refractivity contribution < 1.29 is 42.8 Å². The van der Waals surface area contributed by atoms with E-state index in [1.165, 1.54) is 0 Å². The SMILES string of the molecule is COc1ccc(-c2ccc3ccccc3[o+]2)cc1OC.[O-][Cl+3]([O-])([O-])[O-]. The van der Waals surface area contributed by atoms with Crippen LogP contribution in [0.25, 0.3) is 22.3 Å². The summed E-state index contributed by atoms with van der Waals surface area (Å²) in [5, 5.41) is 1.08. The lowest BCUT2D eigenvalue weighted by Gasteiger charge is -2.17. The molecule has 0 amide bonds. The fourth-order valence-electron chi connectivity index (χ4n) is 2.17. The number of para-hydroxylation sites is 1. The van der Waals surface area contributed by atoms with Crippen molar-refractivity contribution in [2.24, 2.45) is 0 Å². The van der Waals surface area contributed by atoms with E-state index < -0.39 is 10.2 Å². The molecule has 0 spiro atoms. The molecule has 0 fully saturated rings. The van der Waals surface area contributed by atoms with Crippen LogP contribution in [0.4, 0.5) is 0 Å². The number of halogens is 1. The van der Waals surface area contributed by atoms with Crippen molar-refractivity contribution in [3.63, 3.8) is 0 Å². The summed E-state index contributed by atoms with van der Waals surface area (Å²) >= 11 is 0. The van der Waals surface area contributed by atoms with Crippen LogP contribution in [-0.4, -0.2) is 14.2 Å². The van der Waals surface area contributed by atoms with Gasteiger partial charge < -0.3 is 9.47 Å². The third-order valence-corrected chi connectivity index (χ3v) is 3.22. The Kier molecular flexibility index (Phi) is 6.13. The van der Waals surface area contributed by atoms with Gasteiger partial charge in [-0.15, -0.1) is 10.2 Å². The van der Waals surface area contributed by atoms with Crippen molar-refractivity contribution in [3.05, 3.63) is 54.6 Å². The van der Waals surface area contributed by atoms with Crippen LogP contribution in [0.15, 0.2) is 59.0 Å². The number of rotatable bonds is 3. The molecule has 7 nitrogen and oxygen atoms in total. The van der Waals surface area contributed by atoms with Crippen LogP contribution in [0, 0.1) is 10.2 Å². The first kappa shape index (κ1) is 18.9. The third kappa shape index (κ3) is 5.56. The highest BCUT2D eigenvalue weighted by Crippen LogP contribution is 2.33. The standard InChI is InChI=1S/C17H15O3.ClHO4/c1-18-16-10-8-13(11-17(16)19-2)15-9-7-12-5-3-4-6-14(12)20-15;2-1(3,4)5/h3-11H,1-2H3;(H,2,3,4,5)/q+1;/p-1. The van der Waals surface area contributed by atoms with Gasteiger partial charge in [0.05, 0.1) is 25.2 Å². The highest BCUT2D eigenvalue weighted by molar-refractivity contribution is 5.78. The van der Waals surface area contributed by atoms with Crippen LogP contribution in [0.5, 0.6) is 11.5 Å². The van der Waals surface area contributed by atoms with Crippen molar-refractivity contribution in [3.8, 4) is 22.8 Å². The monoisotopic (exact) mass is 366 g/mol. The van der Waals surface area contributed by atoms with Crippen molar-refractivity contribution in [1.29, 1.82) is 0 Å². The summed E-state index contributed by atoms with van der Waals surface area (Å²) in [7, 11) is -1.70. The fourth-order valence-corrected chi connectivity index (χ4v) is 2.17. The molecule has 25 heavy (non-hydrogen) atoms. The van der Waals surface area contributed by atoms with E-state index in [9.17, 15) is 0 Å². The van der Waals surface area contributed by atoms with E-state index in [-0.39, 0.29) is 0 Å². The molecule has 3 rings (SSSR count). The maximum absolute atomic E-state index is 8.49. The summed E-state index contributed by atoms with van der Waals surface area (Å²) in [6.07, 6.45) is 0. The lowest BCUT2D eigenvalue weighted by Crippen LogP contribution is -2.68. The van der Waals surface area contributed by atoms with Gasteiger partial charge >= 0.3 is 11.3 Å². The first-order valence-electron chi connectivity index (χ1n) is 6.98. The van der Waals surface area contributed by atoms with Gasteiger partial charge in [0.1, 0.15) is 0 Å². The molecule has 0 saturated heterocycles. The predicted octanol–water partition coefficient (Wildman–Crippen LogP) is -0.358. The Morgan fingerprint density at radius 2 is 1.44 bits per heavy atom. The lowest BCUT2D eigenvalue weighted by molar-refractivity contribution is -2.00. The summed E-state index contributed by atoms with van der Waals surface area (Å²) in [6, 6.07) is 17.7. The average Bonchev–Trinajstić information content (AvgIpc) is 2.59. The van der Waals surface area contributed by atoms with Crippen LogP contribution in [0.2, 0.25) is 0 Å². The maximum atomic E-state index is 8.49. The van der Waals surface area contributed by atoms with Crippen LogP contribution in [0.3, 0.4) is 0 Å². The molecule has 0 aliphatic rings. The number of benzene rings is 2. The van der Waals surface area contributed by atoms with Gasteiger partial charge in [-0.25, -0.2) is 23.1 Å². The van der Waals surface area contributed by atoms with Gasteiger partial charge in [0.15, 0.2) is 11.5 Å². The Balaban J connectivity index is 0.000000399. The number of ether oxygens (including phenoxy) is 2. The summed E-state index contributed by atoms with van der Waals surface area (Å²) < 4.78 is 50.5. The molecule has 1 aromatic heterocycles. The highest BCUT2D eigenvalue weighted by atomic mass is 35.7. The van der Waals surface area contributed by atoms with Crippen molar-refractivity contribution in [2.75, 3.05) is 14.2 Å². The van der Waals surface area contributed by atoms with Crippen LogP contribution in [-0.2, 0) is 0 Å². The molecule has 0 aliphatic carbocycles. The molecule has 3 aromatic rings. The van der Waals surface area contributed by atoms with E-state index in [4.69, 9.17) is 32.5 Å². The minimum Gasteiger partial charge on any atom is -0.493 e. The van der Waals surface area contributed by atoms with Gasteiger partial charge in [0.2, 0.25) is 0 Å². The zero-order valence-electron chi connectivity index (χ0n) is 13.4. The predicted molar refractivity (Wildman–Crippen MR) is 79.2 cm³/mol. The largest absolute Gasteiger partial charge is 0.493 e. The van der Waals surface area contributed by atoms with E-state index in [0.29, 0.717) is 11.5 Å². The number of methoxy groups -OCH3 is 2. The van der Waals surface area contributed by atoms with E-state index >= 15 is 0 Å². The zero-order valence-corrected chi connectivity index (χ0v) is 14.2. The van der Waals surface area contributed by atoms with Crippen LogP contribution in [0.1, 0.15) is 0 Å². The Hall–Kier alpha value is -2.42. The minimum absolute atomic E-state index is 0.688. The topological polar surface area (TPSA) is 122 Å². The maximum Gasteiger partial charge on any atom is 0.360 e. The molecule has 132 valence electrons. The van der Waals surface area contributed by atoms with Gasteiger partial charge in [-0.2, -0.15) is 0 Å². The van der Waals surface area contributed by atoms with Crippen molar-refractivity contribution in [2.45, 2.75) is 0 Å². The summed E-state index contributed by atoms with van der Waals surface area (Å²) in [6.45, 7) is 0. The van der Waals surface area contributed by atoms with E-state index in [2.05, 4.69) is 0 Å². The highest BCUT2D eigenvalue weighted by Gasteiger charge is 2.16. The second-order valence-electron chi connectivity index (χ2n) is 4.79. The number of hydrogen-bond donors (Lipinski definition) is 0. The molecule has 2 aromatic carbocycles. The molecule has 0 aliphatic heterocycles. The summed E-state index contributed by atoms with van der Waals surface area (Å²) in [5.74, 6) is 2.19. The van der Waals surface area contributed by atoms with E-state index in [1.54, 1.807) is 14.2 Å². The van der Waals surface area contributed by atoms with Gasteiger partial charge in [0, 0.05) is 18.2 Å². The molecule has 8 heteroatoms. The Morgan fingerprint density at radius 3 is 2.08 bits per heavy atom. The second kappa shape index (κ2) is 8.11. The van der Waals surface area contributed by atoms with Gasteiger partial charge in [-0.05, 0) is 24.3 Å². The van der Waals surface area contributed by atoms with Gasteiger partial charge in [0.25, 0.3) is 0 Å². The third-order valence-electron chi connectivity index (χ3n) is 3.22. The molecule has 0 saturated carbocycles. The fraction of sp³-hybridized carbons (Fsp3) is 0.118. The van der Waals surface area contributed by atoms with E-state index in [0.717, 1.165) is 22.3 Å².